The molecule has 2 aromatic rings. The Bertz CT molecular complexity index is 569. The normalized spacial score (nSPS) is 11.2. The van der Waals surface area contributed by atoms with Crippen molar-refractivity contribution in [3.05, 3.63) is 65.7 Å². The number of aliphatic hydroxyl groups excluding tert-OH is 1. The Hall–Kier alpha value is -1.84. The number of para-hydroxylation sites is 1. The van der Waals surface area contributed by atoms with Gasteiger partial charge >= 0.3 is 0 Å². The number of hydrogen-bond acceptors (Lipinski definition) is 3. The maximum Gasteiger partial charge on any atom is 0.124 e. The first kappa shape index (κ1) is 17.5. The largest absolute Gasteiger partial charge is 0.491 e. The van der Waals surface area contributed by atoms with E-state index in [-0.39, 0.29) is 12.7 Å². The van der Waals surface area contributed by atoms with E-state index in [9.17, 15) is 5.11 Å². The standard InChI is InChI=1S/C20H27NO2/c1-17(2)23-20-11-7-6-10-19(20)16-21(14-15-22)13-12-18-8-4-3-5-9-18/h3-11,17,22H,12-16H2,1-2H3. The zero-order chi connectivity index (χ0) is 16.5. The van der Waals surface area contributed by atoms with Crippen molar-refractivity contribution >= 4 is 0 Å². The molecule has 0 atom stereocenters. The third-order valence-electron chi connectivity index (χ3n) is 3.70. The van der Waals surface area contributed by atoms with Crippen molar-refractivity contribution in [2.75, 3.05) is 19.7 Å². The molecule has 0 heterocycles. The molecule has 0 aromatic heterocycles. The van der Waals surface area contributed by atoms with E-state index < -0.39 is 0 Å². The highest BCUT2D eigenvalue weighted by Crippen LogP contribution is 2.21. The molecule has 0 aliphatic heterocycles. The summed E-state index contributed by atoms with van der Waals surface area (Å²) in [6.45, 7) is 6.62. The maximum absolute atomic E-state index is 9.35. The predicted octanol–water partition coefficient (Wildman–Crippen LogP) is 3.51. The lowest BCUT2D eigenvalue weighted by Gasteiger charge is -2.23. The van der Waals surface area contributed by atoms with Crippen molar-refractivity contribution in [1.29, 1.82) is 0 Å². The second kappa shape index (κ2) is 9.33. The van der Waals surface area contributed by atoms with Crippen LogP contribution in [-0.4, -0.2) is 35.8 Å². The molecule has 0 unspecified atom stereocenters. The molecule has 23 heavy (non-hydrogen) atoms. The molecule has 0 saturated heterocycles. The van der Waals surface area contributed by atoms with E-state index in [0.717, 1.165) is 25.3 Å². The van der Waals surface area contributed by atoms with Gasteiger partial charge in [0.25, 0.3) is 0 Å². The van der Waals surface area contributed by atoms with Crippen molar-refractivity contribution < 1.29 is 9.84 Å². The highest BCUT2D eigenvalue weighted by Gasteiger charge is 2.10. The van der Waals surface area contributed by atoms with E-state index in [0.29, 0.717) is 6.54 Å². The van der Waals surface area contributed by atoms with Gasteiger partial charge in [-0.05, 0) is 31.9 Å². The molecule has 0 aliphatic rings. The van der Waals surface area contributed by atoms with Crippen LogP contribution in [-0.2, 0) is 13.0 Å². The van der Waals surface area contributed by atoms with Crippen LogP contribution in [0.4, 0.5) is 0 Å². The predicted molar refractivity (Wildman–Crippen MR) is 94.7 cm³/mol. The van der Waals surface area contributed by atoms with Crippen LogP contribution in [0.1, 0.15) is 25.0 Å². The summed E-state index contributed by atoms with van der Waals surface area (Å²) in [6, 6.07) is 18.6. The minimum atomic E-state index is 0.159. The average Bonchev–Trinajstić information content (AvgIpc) is 2.55. The van der Waals surface area contributed by atoms with Crippen molar-refractivity contribution in [1.82, 2.24) is 4.90 Å². The van der Waals surface area contributed by atoms with Crippen LogP contribution in [0.15, 0.2) is 54.6 Å². The topological polar surface area (TPSA) is 32.7 Å². The lowest BCUT2D eigenvalue weighted by atomic mass is 10.1. The van der Waals surface area contributed by atoms with Crippen molar-refractivity contribution in [3.63, 3.8) is 0 Å². The maximum atomic E-state index is 9.35. The molecule has 3 nitrogen and oxygen atoms in total. The second-order valence-corrected chi connectivity index (χ2v) is 6.01. The van der Waals surface area contributed by atoms with Gasteiger partial charge in [0.05, 0.1) is 12.7 Å². The van der Waals surface area contributed by atoms with Gasteiger partial charge in [-0.15, -0.1) is 0 Å². The summed E-state index contributed by atoms with van der Waals surface area (Å²) in [7, 11) is 0. The molecule has 3 heteroatoms. The van der Waals surface area contributed by atoms with Crippen molar-refractivity contribution in [3.8, 4) is 5.75 Å². The zero-order valence-corrected chi connectivity index (χ0v) is 14.1. The number of ether oxygens (including phenoxy) is 1. The van der Waals surface area contributed by atoms with Crippen LogP contribution in [0.2, 0.25) is 0 Å². The fourth-order valence-electron chi connectivity index (χ4n) is 2.59. The molecule has 0 bridgehead atoms. The summed E-state index contributed by atoms with van der Waals surface area (Å²) in [5.74, 6) is 0.935. The summed E-state index contributed by atoms with van der Waals surface area (Å²) in [5.41, 5.74) is 2.49. The lowest BCUT2D eigenvalue weighted by molar-refractivity contribution is 0.186. The fraction of sp³-hybridized carbons (Fsp3) is 0.400. The van der Waals surface area contributed by atoms with Gasteiger partial charge in [0, 0.05) is 25.2 Å². The monoisotopic (exact) mass is 313 g/mol. The minimum Gasteiger partial charge on any atom is -0.491 e. The molecular formula is C20H27NO2. The van der Waals surface area contributed by atoms with Crippen LogP contribution in [0.3, 0.4) is 0 Å². The van der Waals surface area contributed by atoms with Gasteiger partial charge < -0.3 is 9.84 Å². The summed E-state index contributed by atoms with van der Waals surface area (Å²) < 4.78 is 5.90. The first-order valence-electron chi connectivity index (χ1n) is 8.30. The van der Waals surface area contributed by atoms with E-state index in [1.54, 1.807) is 0 Å². The van der Waals surface area contributed by atoms with E-state index in [1.807, 2.05) is 38.1 Å². The van der Waals surface area contributed by atoms with Gasteiger partial charge in [0.2, 0.25) is 0 Å². The van der Waals surface area contributed by atoms with Crippen LogP contribution in [0.25, 0.3) is 0 Å². The van der Waals surface area contributed by atoms with Gasteiger partial charge in [0.15, 0.2) is 0 Å². The summed E-state index contributed by atoms with van der Waals surface area (Å²) in [6.07, 6.45) is 1.14. The molecule has 2 rings (SSSR count). The smallest absolute Gasteiger partial charge is 0.124 e. The van der Waals surface area contributed by atoms with Gasteiger partial charge in [0.1, 0.15) is 5.75 Å². The Morgan fingerprint density at radius 2 is 1.65 bits per heavy atom. The first-order chi connectivity index (χ1) is 11.2. The highest BCUT2D eigenvalue weighted by molar-refractivity contribution is 5.33. The van der Waals surface area contributed by atoms with E-state index in [4.69, 9.17) is 4.74 Å². The quantitative estimate of drug-likeness (QED) is 0.769. The third-order valence-corrected chi connectivity index (χ3v) is 3.70. The molecule has 0 saturated carbocycles. The minimum absolute atomic E-state index is 0.159. The molecule has 1 N–H and O–H groups in total. The van der Waals surface area contributed by atoms with Gasteiger partial charge in [-0.2, -0.15) is 0 Å². The van der Waals surface area contributed by atoms with Gasteiger partial charge in [-0.1, -0.05) is 48.5 Å². The second-order valence-electron chi connectivity index (χ2n) is 6.01. The fourth-order valence-corrected chi connectivity index (χ4v) is 2.59. The average molecular weight is 313 g/mol. The number of rotatable bonds is 9. The van der Waals surface area contributed by atoms with Gasteiger partial charge in [-0.3, -0.25) is 4.90 Å². The Labute approximate surface area is 139 Å². The van der Waals surface area contributed by atoms with Crippen molar-refractivity contribution in [2.45, 2.75) is 32.9 Å². The summed E-state index contributed by atoms with van der Waals surface area (Å²) in [4.78, 5) is 2.27. The molecule has 0 amide bonds. The van der Waals surface area contributed by atoms with Gasteiger partial charge in [-0.25, -0.2) is 0 Å². The van der Waals surface area contributed by atoms with Crippen LogP contribution < -0.4 is 4.74 Å². The van der Waals surface area contributed by atoms with E-state index in [1.165, 1.54) is 11.1 Å². The lowest BCUT2D eigenvalue weighted by Crippen LogP contribution is -2.29. The Balaban J connectivity index is 2.01. The molecular weight excluding hydrogens is 286 g/mol. The van der Waals surface area contributed by atoms with Crippen molar-refractivity contribution in [2.24, 2.45) is 0 Å². The molecule has 0 spiro atoms. The summed E-state index contributed by atoms with van der Waals surface area (Å²) in [5, 5.41) is 9.35. The Kier molecular flexibility index (Phi) is 7.11. The SMILES string of the molecule is CC(C)Oc1ccccc1CN(CCO)CCc1ccccc1. The molecule has 124 valence electrons. The summed E-state index contributed by atoms with van der Waals surface area (Å²) >= 11 is 0. The zero-order valence-electron chi connectivity index (χ0n) is 14.1. The molecule has 0 radical (unpaired) electrons. The number of aliphatic hydroxyl groups is 1. The number of benzene rings is 2. The number of hydrogen-bond donors (Lipinski definition) is 1. The number of nitrogens with zero attached hydrogens (tertiary/aromatic N) is 1. The molecule has 0 aliphatic carbocycles. The van der Waals surface area contributed by atoms with E-state index in [2.05, 4.69) is 35.2 Å². The highest BCUT2D eigenvalue weighted by atomic mass is 16.5. The Morgan fingerprint density at radius 3 is 2.35 bits per heavy atom. The van der Waals surface area contributed by atoms with Crippen LogP contribution in [0.5, 0.6) is 5.75 Å². The van der Waals surface area contributed by atoms with Crippen LogP contribution in [0, 0.1) is 0 Å². The first-order valence-corrected chi connectivity index (χ1v) is 8.30. The third kappa shape index (κ3) is 6.05. The molecule has 2 aromatic carbocycles. The Morgan fingerprint density at radius 1 is 0.957 bits per heavy atom. The van der Waals surface area contributed by atoms with E-state index >= 15 is 0 Å². The van der Waals surface area contributed by atoms with Crippen LogP contribution >= 0.6 is 0 Å². The molecule has 0 fully saturated rings.